The lowest BCUT2D eigenvalue weighted by Gasteiger charge is -2.39. The third-order valence-electron chi connectivity index (χ3n) is 4.24. The van der Waals surface area contributed by atoms with Crippen LogP contribution in [0, 0.1) is 0 Å². The Morgan fingerprint density at radius 3 is 2.56 bits per heavy atom. The van der Waals surface area contributed by atoms with E-state index in [1.807, 2.05) is 6.92 Å². The predicted molar refractivity (Wildman–Crippen MR) is 92.7 cm³/mol. The van der Waals surface area contributed by atoms with Gasteiger partial charge in [-0.05, 0) is 18.6 Å². The number of ether oxygens (including phenoxy) is 3. The van der Waals surface area contributed by atoms with E-state index in [0.717, 1.165) is 6.42 Å². The van der Waals surface area contributed by atoms with Crippen LogP contribution in [0.3, 0.4) is 0 Å². The van der Waals surface area contributed by atoms with Crippen molar-refractivity contribution in [3.05, 3.63) is 34.7 Å². The van der Waals surface area contributed by atoms with Crippen LogP contribution in [0.2, 0.25) is 0 Å². The average molecular weight is 382 g/mol. The van der Waals surface area contributed by atoms with Crippen molar-refractivity contribution in [1.29, 1.82) is 0 Å². The molecule has 1 saturated heterocycles. The molecule has 9 heteroatoms. The molecule has 2 aromatic rings. The minimum atomic E-state index is -1.56. The molecule has 0 radical (unpaired) electrons. The summed E-state index contributed by atoms with van der Waals surface area (Å²) in [7, 11) is 0. The highest BCUT2D eigenvalue weighted by atomic mass is 16.7. The van der Waals surface area contributed by atoms with E-state index in [1.165, 1.54) is 12.1 Å². The van der Waals surface area contributed by atoms with Crippen molar-refractivity contribution >= 4 is 11.0 Å². The largest absolute Gasteiger partial charge is 0.490 e. The van der Waals surface area contributed by atoms with E-state index in [1.54, 1.807) is 12.1 Å². The van der Waals surface area contributed by atoms with Gasteiger partial charge >= 0.3 is 5.63 Å². The first kappa shape index (κ1) is 19.6. The number of benzene rings is 1. The molecule has 2 heterocycles. The van der Waals surface area contributed by atoms with Crippen LogP contribution in [0.15, 0.2) is 33.5 Å². The highest BCUT2D eigenvalue weighted by molar-refractivity contribution is 5.80. The lowest BCUT2D eigenvalue weighted by molar-refractivity contribution is -0.277. The number of rotatable bonds is 6. The van der Waals surface area contributed by atoms with E-state index in [-0.39, 0.29) is 11.5 Å². The van der Waals surface area contributed by atoms with Crippen LogP contribution in [0.5, 0.6) is 11.5 Å². The topological polar surface area (TPSA) is 139 Å². The molecule has 1 aromatic heterocycles. The summed E-state index contributed by atoms with van der Waals surface area (Å²) in [5.41, 5.74) is -0.207. The van der Waals surface area contributed by atoms with Crippen LogP contribution in [0.4, 0.5) is 0 Å². The molecule has 9 nitrogen and oxygen atoms in total. The van der Waals surface area contributed by atoms with Gasteiger partial charge in [0.25, 0.3) is 0 Å². The van der Waals surface area contributed by atoms with Crippen molar-refractivity contribution in [2.24, 2.45) is 0 Å². The van der Waals surface area contributed by atoms with Gasteiger partial charge in [0.1, 0.15) is 30.0 Å². The third-order valence-corrected chi connectivity index (χ3v) is 4.24. The number of hydrogen-bond donors (Lipinski definition) is 4. The minimum absolute atomic E-state index is 0.189. The first-order chi connectivity index (χ1) is 12.9. The molecule has 148 valence electrons. The molecular formula is C18H22O9. The Labute approximate surface area is 154 Å². The fourth-order valence-corrected chi connectivity index (χ4v) is 2.78. The highest BCUT2D eigenvalue weighted by Gasteiger charge is 2.45. The summed E-state index contributed by atoms with van der Waals surface area (Å²) >= 11 is 0. The summed E-state index contributed by atoms with van der Waals surface area (Å²) in [4.78, 5) is 11.4. The number of aliphatic hydroxyl groups excluding tert-OH is 4. The summed E-state index contributed by atoms with van der Waals surface area (Å²) < 4.78 is 21.8. The zero-order valence-electron chi connectivity index (χ0n) is 14.6. The molecule has 3 rings (SSSR count). The Morgan fingerprint density at radius 2 is 1.85 bits per heavy atom. The van der Waals surface area contributed by atoms with Crippen LogP contribution < -0.4 is 15.1 Å². The quantitative estimate of drug-likeness (QED) is 0.499. The molecule has 1 fully saturated rings. The van der Waals surface area contributed by atoms with Gasteiger partial charge in [-0.1, -0.05) is 6.92 Å². The molecule has 5 atom stereocenters. The number of aliphatic hydroxyl groups is 4. The van der Waals surface area contributed by atoms with Gasteiger partial charge in [-0.25, -0.2) is 4.79 Å². The standard InChI is InChI=1S/C18H22O9/c1-2-5-24-11-7-10-9(3-4-14(20)25-10)6-12(11)26-18-17(23)16(22)15(21)13(8-19)27-18/h3-4,6-7,13,15-19,21-23H,2,5,8H2,1H3/t13-,15-,16+,17-,18-/m1/s1. The van der Waals surface area contributed by atoms with Gasteiger partial charge in [0.15, 0.2) is 11.5 Å². The molecule has 0 spiro atoms. The van der Waals surface area contributed by atoms with Gasteiger partial charge in [-0.3, -0.25) is 0 Å². The third kappa shape index (κ3) is 4.07. The molecule has 0 amide bonds. The lowest BCUT2D eigenvalue weighted by atomic mass is 9.99. The molecule has 1 aliphatic heterocycles. The van der Waals surface area contributed by atoms with Crippen LogP contribution in [-0.4, -0.2) is 64.3 Å². The summed E-state index contributed by atoms with van der Waals surface area (Å²) in [5, 5.41) is 39.8. The minimum Gasteiger partial charge on any atom is -0.490 e. The molecular weight excluding hydrogens is 360 g/mol. The van der Waals surface area contributed by atoms with Gasteiger partial charge in [0, 0.05) is 17.5 Å². The zero-order chi connectivity index (χ0) is 19.6. The Kier molecular flexibility index (Phi) is 5.98. The van der Waals surface area contributed by atoms with E-state index in [9.17, 15) is 25.2 Å². The van der Waals surface area contributed by atoms with Crippen LogP contribution in [-0.2, 0) is 4.74 Å². The molecule has 1 aliphatic rings. The van der Waals surface area contributed by atoms with Crippen molar-refractivity contribution in [2.45, 2.75) is 44.1 Å². The smallest absolute Gasteiger partial charge is 0.336 e. The zero-order valence-corrected chi connectivity index (χ0v) is 14.6. The van der Waals surface area contributed by atoms with Crippen molar-refractivity contribution in [3.63, 3.8) is 0 Å². The van der Waals surface area contributed by atoms with Crippen molar-refractivity contribution < 1.29 is 39.1 Å². The van der Waals surface area contributed by atoms with Crippen LogP contribution >= 0.6 is 0 Å². The Balaban J connectivity index is 1.94. The summed E-state index contributed by atoms with van der Waals surface area (Å²) in [6.45, 7) is 1.72. The van der Waals surface area contributed by atoms with Gasteiger partial charge in [-0.2, -0.15) is 0 Å². The Hall–Kier alpha value is -2.17. The molecule has 4 N–H and O–H groups in total. The molecule has 0 unspecified atom stereocenters. The van der Waals surface area contributed by atoms with Crippen molar-refractivity contribution in [3.8, 4) is 11.5 Å². The first-order valence-corrected chi connectivity index (χ1v) is 8.62. The maximum atomic E-state index is 11.4. The van der Waals surface area contributed by atoms with Crippen LogP contribution in [0.25, 0.3) is 11.0 Å². The molecule has 1 aromatic carbocycles. The number of fused-ring (bicyclic) bond motifs is 1. The van der Waals surface area contributed by atoms with Crippen molar-refractivity contribution in [2.75, 3.05) is 13.2 Å². The summed E-state index contributed by atoms with van der Waals surface area (Å²) in [6, 6.07) is 5.84. The van der Waals surface area contributed by atoms with E-state index in [4.69, 9.17) is 18.6 Å². The first-order valence-electron chi connectivity index (χ1n) is 8.62. The highest BCUT2D eigenvalue weighted by Crippen LogP contribution is 2.35. The fourth-order valence-electron chi connectivity index (χ4n) is 2.78. The van der Waals surface area contributed by atoms with E-state index in [2.05, 4.69) is 0 Å². The number of hydrogen-bond acceptors (Lipinski definition) is 9. The van der Waals surface area contributed by atoms with E-state index < -0.39 is 42.9 Å². The fraction of sp³-hybridized carbons (Fsp3) is 0.500. The van der Waals surface area contributed by atoms with E-state index >= 15 is 0 Å². The monoisotopic (exact) mass is 382 g/mol. The Bertz CT molecular complexity index is 831. The van der Waals surface area contributed by atoms with Crippen molar-refractivity contribution in [1.82, 2.24) is 0 Å². The average Bonchev–Trinajstić information content (AvgIpc) is 2.66. The maximum Gasteiger partial charge on any atom is 0.336 e. The second-order valence-electron chi connectivity index (χ2n) is 6.25. The van der Waals surface area contributed by atoms with Crippen LogP contribution in [0.1, 0.15) is 13.3 Å². The van der Waals surface area contributed by atoms with Gasteiger partial charge in [-0.15, -0.1) is 0 Å². The Morgan fingerprint density at radius 1 is 1.07 bits per heavy atom. The van der Waals surface area contributed by atoms with E-state index in [0.29, 0.717) is 17.6 Å². The summed E-state index contributed by atoms with van der Waals surface area (Å²) in [6.07, 6.45) is -6.31. The second-order valence-corrected chi connectivity index (χ2v) is 6.25. The maximum absolute atomic E-state index is 11.4. The van der Waals surface area contributed by atoms with Gasteiger partial charge in [0.2, 0.25) is 6.29 Å². The summed E-state index contributed by atoms with van der Waals surface area (Å²) in [5.74, 6) is 0.449. The second kappa shape index (κ2) is 8.24. The molecule has 0 aliphatic carbocycles. The normalized spacial score (nSPS) is 28.3. The lowest BCUT2D eigenvalue weighted by Crippen LogP contribution is -2.60. The predicted octanol–water partition coefficient (Wildman–Crippen LogP) is -0.240. The molecule has 0 saturated carbocycles. The molecule has 0 bridgehead atoms. The van der Waals surface area contributed by atoms with Gasteiger partial charge < -0.3 is 39.1 Å². The molecule has 27 heavy (non-hydrogen) atoms. The van der Waals surface area contributed by atoms with Gasteiger partial charge in [0.05, 0.1) is 13.2 Å². The SMILES string of the molecule is CCCOc1cc2oc(=O)ccc2cc1O[C@@H]1O[C@H](CO)[C@@H](O)[C@H](O)[C@H]1O.